The third kappa shape index (κ3) is 6.00. The molecule has 0 amide bonds. The molecule has 0 aliphatic carbocycles. The monoisotopic (exact) mass is 271 g/mol. The maximum atomic E-state index is 11.9. The molecule has 0 aliphatic rings. The number of nitrogens with zero attached hydrogens (tertiary/aromatic N) is 1. The van der Waals surface area contributed by atoms with Gasteiger partial charge in [-0.3, -0.25) is 0 Å². The molecule has 0 unspecified atom stereocenters. The van der Waals surface area contributed by atoms with Gasteiger partial charge in [0.05, 0.1) is 12.5 Å². The van der Waals surface area contributed by atoms with Gasteiger partial charge in [0.15, 0.2) is 0 Å². The number of rotatable bonds is 6. The number of hydrogen-bond donors (Lipinski definition) is 2. The van der Waals surface area contributed by atoms with Gasteiger partial charge in [-0.1, -0.05) is 0 Å². The smallest absolute Gasteiger partial charge is 0.389 e. The van der Waals surface area contributed by atoms with Gasteiger partial charge in [-0.15, -0.1) is 0 Å². The summed E-state index contributed by atoms with van der Waals surface area (Å²) in [4.78, 5) is 0. The quantitative estimate of drug-likeness (QED) is 0.615. The molecular weight excluding hydrogens is 255 g/mol. The number of alkyl halides is 3. The zero-order valence-electron chi connectivity index (χ0n) is 10.4. The predicted molar refractivity (Wildman–Crippen MR) is 68.6 cm³/mol. The lowest BCUT2D eigenvalue weighted by molar-refractivity contribution is -0.135. The van der Waals surface area contributed by atoms with E-state index in [1.165, 1.54) is 0 Å². The number of halogens is 3. The molecule has 1 aromatic rings. The van der Waals surface area contributed by atoms with E-state index in [4.69, 9.17) is 11.0 Å². The Kier molecular flexibility index (Phi) is 5.49. The third-order valence-electron chi connectivity index (χ3n) is 2.63. The molecule has 0 atom stereocenters. The standard InChI is InChI=1S/C13H16F3N3/c14-13(15,16)6-1-2-8-19-11-3-4-12(18)10(9-11)5-7-17/h3-4,9,19H,1-2,5-6,8,18H2. The number of nitrogens with two attached hydrogens (primary N) is 1. The molecule has 3 N–H and O–H groups in total. The summed E-state index contributed by atoms with van der Waals surface area (Å²) in [6.07, 6.45) is -4.07. The minimum Gasteiger partial charge on any atom is -0.398 e. The van der Waals surface area contributed by atoms with E-state index in [0.717, 1.165) is 11.3 Å². The average Bonchev–Trinajstić information content (AvgIpc) is 2.31. The highest BCUT2D eigenvalue weighted by atomic mass is 19.4. The summed E-state index contributed by atoms with van der Waals surface area (Å²) in [5.41, 5.74) is 7.74. The topological polar surface area (TPSA) is 61.8 Å². The van der Waals surface area contributed by atoms with Crippen LogP contribution >= 0.6 is 0 Å². The molecule has 0 radical (unpaired) electrons. The molecular formula is C13H16F3N3. The van der Waals surface area contributed by atoms with Gasteiger partial charge in [-0.2, -0.15) is 18.4 Å². The van der Waals surface area contributed by atoms with Crippen LogP contribution in [0.3, 0.4) is 0 Å². The number of unbranched alkanes of at least 4 members (excludes halogenated alkanes) is 1. The minimum absolute atomic E-state index is 0.108. The first-order valence-electron chi connectivity index (χ1n) is 5.98. The third-order valence-corrected chi connectivity index (χ3v) is 2.63. The van der Waals surface area contributed by atoms with Gasteiger partial charge in [0.1, 0.15) is 0 Å². The van der Waals surface area contributed by atoms with Crippen LogP contribution in [0.25, 0.3) is 0 Å². The second-order valence-corrected chi connectivity index (χ2v) is 4.25. The second-order valence-electron chi connectivity index (χ2n) is 4.25. The van der Waals surface area contributed by atoms with E-state index in [-0.39, 0.29) is 12.8 Å². The summed E-state index contributed by atoms with van der Waals surface area (Å²) in [6, 6.07) is 7.20. The highest BCUT2D eigenvalue weighted by Crippen LogP contribution is 2.22. The Morgan fingerprint density at radius 2 is 2.00 bits per heavy atom. The molecule has 0 aromatic heterocycles. The second kappa shape index (κ2) is 6.88. The molecule has 0 bridgehead atoms. The summed E-state index contributed by atoms with van der Waals surface area (Å²) in [6.45, 7) is 0.464. The van der Waals surface area contributed by atoms with Crippen molar-refractivity contribution in [1.82, 2.24) is 0 Å². The molecule has 0 saturated carbocycles. The van der Waals surface area contributed by atoms with E-state index in [0.29, 0.717) is 18.7 Å². The Morgan fingerprint density at radius 1 is 1.26 bits per heavy atom. The molecule has 0 heterocycles. The van der Waals surface area contributed by atoms with Crippen molar-refractivity contribution in [3.63, 3.8) is 0 Å². The number of benzene rings is 1. The molecule has 104 valence electrons. The van der Waals surface area contributed by atoms with Gasteiger partial charge in [0, 0.05) is 24.3 Å². The summed E-state index contributed by atoms with van der Waals surface area (Å²) >= 11 is 0. The van der Waals surface area contributed by atoms with Gasteiger partial charge in [-0.05, 0) is 36.6 Å². The summed E-state index contributed by atoms with van der Waals surface area (Å²) in [7, 11) is 0. The van der Waals surface area contributed by atoms with Crippen molar-refractivity contribution in [3.8, 4) is 6.07 Å². The van der Waals surface area contributed by atoms with E-state index < -0.39 is 12.6 Å². The Labute approximate surface area is 110 Å². The summed E-state index contributed by atoms with van der Waals surface area (Å²) in [5.74, 6) is 0. The molecule has 1 aromatic carbocycles. The van der Waals surface area contributed by atoms with E-state index in [9.17, 15) is 13.2 Å². The molecule has 19 heavy (non-hydrogen) atoms. The molecule has 0 spiro atoms. The molecule has 3 nitrogen and oxygen atoms in total. The number of hydrogen-bond acceptors (Lipinski definition) is 3. The molecule has 0 saturated heterocycles. The first-order valence-corrected chi connectivity index (χ1v) is 5.98. The van der Waals surface area contributed by atoms with Crippen LogP contribution in [0.4, 0.5) is 24.5 Å². The van der Waals surface area contributed by atoms with Crippen LogP contribution in [0.1, 0.15) is 24.8 Å². The fourth-order valence-corrected chi connectivity index (χ4v) is 1.64. The van der Waals surface area contributed by atoms with Gasteiger partial charge in [-0.25, -0.2) is 0 Å². The molecule has 6 heteroatoms. The number of nitrogens with one attached hydrogen (secondary N) is 1. The largest absolute Gasteiger partial charge is 0.398 e. The van der Waals surface area contributed by atoms with Crippen LogP contribution in [-0.4, -0.2) is 12.7 Å². The van der Waals surface area contributed by atoms with Crippen LogP contribution < -0.4 is 11.1 Å². The van der Waals surface area contributed by atoms with Crippen molar-refractivity contribution in [2.75, 3.05) is 17.6 Å². The summed E-state index contributed by atoms with van der Waals surface area (Å²) < 4.78 is 35.8. The fourth-order valence-electron chi connectivity index (χ4n) is 1.64. The van der Waals surface area contributed by atoms with Crippen molar-refractivity contribution in [2.45, 2.75) is 31.9 Å². The van der Waals surface area contributed by atoms with E-state index in [1.807, 2.05) is 6.07 Å². The Balaban J connectivity index is 2.38. The van der Waals surface area contributed by atoms with Crippen LogP contribution in [0.2, 0.25) is 0 Å². The maximum Gasteiger partial charge on any atom is 0.389 e. The maximum absolute atomic E-state index is 11.9. The van der Waals surface area contributed by atoms with Gasteiger partial charge in [0.2, 0.25) is 0 Å². The molecule has 0 fully saturated rings. The van der Waals surface area contributed by atoms with E-state index >= 15 is 0 Å². The normalized spacial score (nSPS) is 11.1. The highest BCUT2D eigenvalue weighted by molar-refractivity contribution is 5.57. The van der Waals surface area contributed by atoms with E-state index in [2.05, 4.69) is 5.32 Å². The lowest BCUT2D eigenvalue weighted by atomic mass is 10.1. The van der Waals surface area contributed by atoms with Gasteiger partial charge < -0.3 is 11.1 Å². The highest BCUT2D eigenvalue weighted by Gasteiger charge is 2.25. The fraction of sp³-hybridized carbons (Fsp3) is 0.462. The minimum atomic E-state index is -4.08. The first-order chi connectivity index (χ1) is 8.92. The Bertz CT molecular complexity index is 449. The van der Waals surface area contributed by atoms with Crippen molar-refractivity contribution >= 4 is 11.4 Å². The van der Waals surface area contributed by atoms with Crippen LogP contribution in [0.5, 0.6) is 0 Å². The lowest BCUT2D eigenvalue weighted by Crippen LogP contribution is -2.09. The zero-order valence-corrected chi connectivity index (χ0v) is 10.4. The van der Waals surface area contributed by atoms with Gasteiger partial charge in [0.25, 0.3) is 0 Å². The number of nitrogen functional groups attached to an aromatic ring is 1. The predicted octanol–water partition coefficient (Wildman–Crippen LogP) is 3.48. The number of anilines is 2. The Hall–Kier alpha value is -1.90. The van der Waals surface area contributed by atoms with E-state index in [1.54, 1.807) is 18.2 Å². The van der Waals surface area contributed by atoms with Crippen molar-refractivity contribution in [3.05, 3.63) is 23.8 Å². The van der Waals surface area contributed by atoms with Crippen LogP contribution in [-0.2, 0) is 6.42 Å². The number of nitriles is 1. The van der Waals surface area contributed by atoms with Crippen molar-refractivity contribution in [1.29, 1.82) is 5.26 Å². The molecule has 1 rings (SSSR count). The van der Waals surface area contributed by atoms with Crippen LogP contribution in [0, 0.1) is 11.3 Å². The van der Waals surface area contributed by atoms with Crippen molar-refractivity contribution in [2.24, 2.45) is 0 Å². The van der Waals surface area contributed by atoms with Gasteiger partial charge >= 0.3 is 6.18 Å². The average molecular weight is 271 g/mol. The van der Waals surface area contributed by atoms with Crippen LogP contribution in [0.15, 0.2) is 18.2 Å². The molecule has 0 aliphatic heterocycles. The Morgan fingerprint density at radius 3 is 2.63 bits per heavy atom. The lowest BCUT2D eigenvalue weighted by Gasteiger charge is -2.10. The zero-order chi connectivity index (χ0) is 14.3. The SMILES string of the molecule is N#CCc1cc(NCCCCC(F)(F)F)ccc1N. The first kappa shape index (κ1) is 15.2. The van der Waals surface area contributed by atoms with Crippen molar-refractivity contribution < 1.29 is 13.2 Å². The summed E-state index contributed by atoms with van der Waals surface area (Å²) in [5, 5.41) is 11.6.